The standard InChI is InChI=1S/C9H9Cl8O3P/c1-4(7(10)11)18-21(16,17,19-5(2)8(12)13)20-6(3)9(14)15/h1-3H3. The second-order valence-corrected chi connectivity index (χ2v) is 12.2. The van der Waals surface area contributed by atoms with Crippen LogP contribution in [0.15, 0.2) is 30.8 Å². The molecule has 0 saturated heterocycles. The molecule has 0 N–H and O–H groups in total. The van der Waals surface area contributed by atoms with E-state index in [2.05, 4.69) is 0 Å². The summed E-state index contributed by atoms with van der Waals surface area (Å²) in [6.45, 7) is 4.16. The second kappa shape index (κ2) is 8.46. The average molecular weight is 480 g/mol. The van der Waals surface area contributed by atoms with E-state index >= 15 is 0 Å². The van der Waals surface area contributed by atoms with Crippen molar-refractivity contribution in [3.05, 3.63) is 30.8 Å². The molecule has 0 heterocycles. The van der Waals surface area contributed by atoms with Crippen LogP contribution in [0, 0.1) is 0 Å². The fourth-order valence-electron chi connectivity index (χ4n) is 0.805. The van der Waals surface area contributed by atoms with Crippen LogP contribution in [0.1, 0.15) is 20.8 Å². The van der Waals surface area contributed by atoms with Crippen LogP contribution in [0.25, 0.3) is 0 Å². The molecule has 0 aromatic heterocycles. The van der Waals surface area contributed by atoms with Crippen LogP contribution in [0.3, 0.4) is 0 Å². The van der Waals surface area contributed by atoms with E-state index in [1.165, 1.54) is 20.8 Å². The van der Waals surface area contributed by atoms with Gasteiger partial charge in [-0.3, -0.25) is 0 Å². The molecular weight excluding hydrogens is 471 g/mol. The van der Waals surface area contributed by atoms with Crippen molar-refractivity contribution in [2.24, 2.45) is 0 Å². The molecule has 3 nitrogen and oxygen atoms in total. The Labute approximate surface area is 162 Å². The van der Waals surface area contributed by atoms with Crippen LogP contribution in [0.4, 0.5) is 0 Å². The fraction of sp³-hybridized carbons (Fsp3) is 0.333. The van der Waals surface area contributed by atoms with Gasteiger partial charge in [-0.05, 0) is 0 Å². The summed E-state index contributed by atoms with van der Waals surface area (Å²) in [4.78, 5) is 0. The summed E-state index contributed by atoms with van der Waals surface area (Å²) in [5.41, 5.74) is 0. The first-order chi connectivity index (χ1) is 9.26. The molecule has 21 heavy (non-hydrogen) atoms. The van der Waals surface area contributed by atoms with Gasteiger partial charge in [0, 0.05) is 0 Å². The Morgan fingerprint density at radius 1 is 0.571 bits per heavy atom. The topological polar surface area (TPSA) is 27.7 Å². The molecule has 0 saturated carbocycles. The van der Waals surface area contributed by atoms with E-state index in [0.717, 1.165) is 0 Å². The van der Waals surface area contributed by atoms with Crippen LogP contribution in [-0.2, 0) is 13.6 Å². The zero-order valence-electron chi connectivity index (χ0n) is 10.7. The summed E-state index contributed by atoms with van der Waals surface area (Å²) in [6.07, 6.45) is 0. The molecule has 0 amide bonds. The predicted molar refractivity (Wildman–Crippen MR) is 95.1 cm³/mol. The number of hydrogen-bond donors (Lipinski definition) is 0. The van der Waals surface area contributed by atoms with Crippen molar-refractivity contribution >= 4 is 98.1 Å². The second-order valence-electron chi connectivity index (χ2n) is 3.43. The van der Waals surface area contributed by atoms with Crippen LogP contribution in [0.5, 0.6) is 0 Å². The van der Waals surface area contributed by atoms with Crippen molar-refractivity contribution < 1.29 is 13.6 Å². The predicted octanol–water partition coefficient (Wildman–Crippen LogP) is 8.64. The quantitative estimate of drug-likeness (QED) is 0.282. The molecule has 0 aliphatic carbocycles. The van der Waals surface area contributed by atoms with Gasteiger partial charge in [-0.15, -0.1) is 0 Å². The van der Waals surface area contributed by atoms with Crippen LogP contribution in [0.2, 0.25) is 0 Å². The summed E-state index contributed by atoms with van der Waals surface area (Å²) in [5, 5.41) is 0. The van der Waals surface area contributed by atoms with Crippen molar-refractivity contribution in [1.82, 2.24) is 0 Å². The monoisotopic (exact) mass is 476 g/mol. The van der Waals surface area contributed by atoms with E-state index < -0.39 is 5.99 Å². The molecule has 0 bridgehead atoms. The van der Waals surface area contributed by atoms with Crippen molar-refractivity contribution in [2.75, 3.05) is 0 Å². The van der Waals surface area contributed by atoms with E-state index in [-0.39, 0.29) is 30.8 Å². The molecule has 0 fully saturated rings. The third-order valence-corrected chi connectivity index (χ3v) is 6.16. The van der Waals surface area contributed by atoms with Crippen molar-refractivity contribution in [3.63, 3.8) is 0 Å². The first-order valence-electron chi connectivity index (χ1n) is 4.88. The van der Waals surface area contributed by atoms with Gasteiger partial charge in [-0.25, -0.2) is 0 Å². The minimum atomic E-state index is -4.85. The van der Waals surface area contributed by atoms with Crippen LogP contribution >= 0.6 is 98.1 Å². The molecule has 0 rings (SSSR count). The van der Waals surface area contributed by atoms with Gasteiger partial charge in [-0.1, -0.05) is 0 Å². The SMILES string of the molecule is CC(OP(Cl)(Cl)(OC(C)=C(Cl)Cl)OC(C)=C(Cl)Cl)=C(Cl)Cl. The number of hydrogen-bond acceptors (Lipinski definition) is 3. The average Bonchev–Trinajstić information content (AvgIpc) is 2.26. The molecule has 0 spiro atoms. The van der Waals surface area contributed by atoms with Gasteiger partial charge in [0.2, 0.25) is 0 Å². The van der Waals surface area contributed by atoms with E-state index in [9.17, 15) is 0 Å². The Bertz CT molecular complexity index is 430. The molecule has 0 aliphatic heterocycles. The van der Waals surface area contributed by atoms with Gasteiger partial charge in [-0.2, -0.15) is 0 Å². The molecule has 0 unspecified atom stereocenters. The van der Waals surface area contributed by atoms with E-state index in [1.54, 1.807) is 0 Å². The molecule has 0 radical (unpaired) electrons. The van der Waals surface area contributed by atoms with Gasteiger partial charge in [0.1, 0.15) is 0 Å². The zero-order valence-corrected chi connectivity index (χ0v) is 17.6. The van der Waals surface area contributed by atoms with Gasteiger partial charge in [0.05, 0.1) is 0 Å². The maximum absolute atomic E-state index is 6.19. The molecule has 0 aromatic carbocycles. The van der Waals surface area contributed by atoms with Crippen LogP contribution < -0.4 is 0 Å². The molecule has 0 aliphatic rings. The summed E-state index contributed by atoms with van der Waals surface area (Å²) in [7, 11) is 0. The van der Waals surface area contributed by atoms with Crippen molar-refractivity contribution in [2.45, 2.75) is 20.8 Å². The Morgan fingerprint density at radius 2 is 0.762 bits per heavy atom. The zero-order chi connectivity index (χ0) is 17.0. The summed E-state index contributed by atoms with van der Waals surface area (Å²) < 4.78 is 15.1. The molecule has 124 valence electrons. The Balaban J connectivity index is 5.81. The van der Waals surface area contributed by atoms with Gasteiger partial charge >= 0.3 is 163 Å². The maximum atomic E-state index is 6.19. The summed E-state index contributed by atoms with van der Waals surface area (Å²) >= 11 is 45.8. The number of halogens is 8. The normalized spacial score (nSPS) is 12.6. The van der Waals surface area contributed by atoms with E-state index in [4.69, 9.17) is 106 Å². The number of rotatable bonds is 6. The molecule has 0 atom stereocenters. The van der Waals surface area contributed by atoms with Gasteiger partial charge in [0.15, 0.2) is 0 Å². The van der Waals surface area contributed by atoms with Gasteiger partial charge < -0.3 is 0 Å². The van der Waals surface area contributed by atoms with Crippen molar-refractivity contribution in [3.8, 4) is 0 Å². The minimum absolute atomic E-state index is 0.0574. The molecule has 0 aromatic rings. The number of allylic oxidation sites excluding steroid dienone is 3. The van der Waals surface area contributed by atoms with Crippen molar-refractivity contribution in [1.29, 1.82) is 0 Å². The third kappa shape index (κ3) is 8.15. The fourth-order valence-corrected chi connectivity index (χ4v) is 4.90. The first-order valence-corrected chi connectivity index (χ1v) is 10.9. The Morgan fingerprint density at radius 3 is 0.905 bits per heavy atom. The third-order valence-electron chi connectivity index (χ3n) is 1.64. The van der Waals surface area contributed by atoms with E-state index in [1.807, 2.05) is 0 Å². The summed E-state index contributed by atoms with van der Waals surface area (Å²) in [5.74, 6) is -5.02. The first kappa shape index (κ1) is 22.4. The molecular formula is C9H9Cl8O3P. The van der Waals surface area contributed by atoms with E-state index in [0.29, 0.717) is 0 Å². The Hall–Kier alpha value is 1.37. The van der Waals surface area contributed by atoms with Gasteiger partial charge in [0.25, 0.3) is 0 Å². The summed E-state index contributed by atoms with van der Waals surface area (Å²) in [6, 6.07) is 0. The Kier molecular flexibility index (Phi) is 9.01. The van der Waals surface area contributed by atoms with Crippen LogP contribution in [-0.4, -0.2) is 0 Å². The molecule has 12 heteroatoms.